The second-order valence-corrected chi connectivity index (χ2v) is 8.86. The molecule has 2 saturated heterocycles. The third kappa shape index (κ3) is 5.91. The molecule has 3 aliphatic rings. The summed E-state index contributed by atoms with van der Waals surface area (Å²) in [6.45, 7) is 11.9. The van der Waals surface area contributed by atoms with E-state index in [1.54, 1.807) is 0 Å². The van der Waals surface area contributed by atoms with Gasteiger partial charge >= 0.3 is 0 Å². The summed E-state index contributed by atoms with van der Waals surface area (Å²) in [5.41, 5.74) is 2.49. The van der Waals surface area contributed by atoms with Gasteiger partial charge in [0.15, 0.2) is 11.5 Å². The van der Waals surface area contributed by atoms with Crippen molar-refractivity contribution in [2.75, 3.05) is 83.7 Å². The Morgan fingerprint density at radius 3 is 2.36 bits per heavy atom. The highest BCUT2D eigenvalue weighted by molar-refractivity contribution is 5.65. The molecule has 7 nitrogen and oxygen atoms in total. The van der Waals surface area contributed by atoms with E-state index in [4.69, 9.17) is 18.9 Å². The predicted molar refractivity (Wildman–Crippen MR) is 129 cm³/mol. The van der Waals surface area contributed by atoms with Crippen LogP contribution in [0.2, 0.25) is 0 Å². The first-order valence-electron chi connectivity index (χ1n) is 12.2. The fourth-order valence-electron chi connectivity index (χ4n) is 4.71. The van der Waals surface area contributed by atoms with E-state index in [1.165, 1.54) is 5.56 Å². The summed E-state index contributed by atoms with van der Waals surface area (Å²) >= 11 is 0. The van der Waals surface area contributed by atoms with Crippen molar-refractivity contribution in [3.63, 3.8) is 0 Å². The highest BCUT2D eigenvalue weighted by atomic mass is 16.6. The van der Waals surface area contributed by atoms with Crippen LogP contribution in [0.1, 0.15) is 12.0 Å². The average molecular weight is 454 g/mol. The topological polar surface area (TPSA) is 46.6 Å². The van der Waals surface area contributed by atoms with Crippen molar-refractivity contribution in [2.45, 2.75) is 13.0 Å². The first-order valence-corrected chi connectivity index (χ1v) is 12.2. The van der Waals surface area contributed by atoms with E-state index in [2.05, 4.69) is 51.1 Å². The molecule has 33 heavy (non-hydrogen) atoms. The van der Waals surface area contributed by atoms with Gasteiger partial charge in [-0.3, -0.25) is 9.80 Å². The second kappa shape index (κ2) is 11.1. The molecule has 0 bridgehead atoms. The zero-order chi connectivity index (χ0) is 22.3. The maximum atomic E-state index is 5.99. The predicted octanol–water partition coefficient (Wildman–Crippen LogP) is 2.88. The first kappa shape index (κ1) is 22.3. The molecule has 0 saturated carbocycles. The minimum atomic E-state index is 0.626. The Labute approximate surface area is 196 Å². The van der Waals surface area contributed by atoms with Crippen LogP contribution in [0.25, 0.3) is 0 Å². The van der Waals surface area contributed by atoms with Crippen LogP contribution in [0, 0.1) is 0 Å². The van der Waals surface area contributed by atoms with Crippen molar-refractivity contribution in [2.24, 2.45) is 0 Å². The zero-order valence-corrected chi connectivity index (χ0v) is 19.4. The van der Waals surface area contributed by atoms with Gasteiger partial charge in [-0.2, -0.15) is 0 Å². The van der Waals surface area contributed by atoms with Crippen LogP contribution >= 0.6 is 0 Å². The van der Waals surface area contributed by atoms with Gasteiger partial charge in [-0.15, -0.1) is 0 Å². The van der Waals surface area contributed by atoms with E-state index in [-0.39, 0.29) is 0 Å². The van der Waals surface area contributed by atoms with Gasteiger partial charge < -0.3 is 23.8 Å². The Hall–Kier alpha value is -2.48. The lowest BCUT2D eigenvalue weighted by Crippen LogP contribution is -2.47. The first-order chi connectivity index (χ1) is 16.3. The number of nitrogens with zero attached hydrogens (tertiary/aromatic N) is 3. The smallest absolute Gasteiger partial charge is 0.184 e. The van der Waals surface area contributed by atoms with Gasteiger partial charge in [0.05, 0.1) is 25.5 Å². The summed E-state index contributed by atoms with van der Waals surface area (Å²) in [6.07, 6.45) is 1.03. The van der Waals surface area contributed by atoms with Crippen LogP contribution in [0.5, 0.6) is 17.2 Å². The van der Waals surface area contributed by atoms with Crippen LogP contribution in [-0.4, -0.2) is 88.6 Å². The fourth-order valence-corrected chi connectivity index (χ4v) is 4.71. The number of para-hydroxylation sites is 1. The fraction of sp³-hybridized carbons (Fsp3) is 0.538. The zero-order valence-electron chi connectivity index (χ0n) is 19.4. The van der Waals surface area contributed by atoms with Crippen LogP contribution in [0.3, 0.4) is 0 Å². The summed E-state index contributed by atoms with van der Waals surface area (Å²) in [5.74, 6) is 2.73. The molecular formula is C26H35N3O4. The normalized spacial score (nSPS) is 19.5. The molecule has 0 N–H and O–H groups in total. The SMILES string of the molecule is c1cc2c(c(N3CCN(CCCOc4ccc(CN5CCOCC5)cc4)CC3)c1)OCCO2. The number of ether oxygens (including phenoxy) is 4. The van der Waals surface area contributed by atoms with E-state index >= 15 is 0 Å². The monoisotopic (exact) mass is 453 g/mol. The molecule has 5 rings (SSSR count). The number of piperazine rings is 1. The molecule has 2 aromatic carbocycles. The molecule has 0 spiro atoms. The van der Waals surface area contributed by atoms with Crippen LogP contribution < -0.4 is 19.1 Å². The Morgan fingerprint density at radius 2 is 1.55 bits per heavy atom. The van der Waals surface area contributed by atoms with Crippen molar-refractivity contribution < 1.29 is 18.9 Å². The molecule has 0 amide bonds. The Morgan fingerprint density at radius 1 is 0.758 bits per heavy atom. The maximum absolute atomic E-state index is 5.99. The molecule has 0 aliphatic carbocycles. The highest BCUT2D eigenvalue weighted by Crippen LogP contribution is 2.39. The molecule has 7 heteroatoms. The number of fused-ring (bicyclic) bond motifs is 1. The minimum Gasteiger partial charge on any atom is -0.494 e. The number of benzene rings is 2. The summed E-state index contributed by atoms with van der Waals surface area (Å²) in [4.78, 5) is 7.38. The third-order valence-corrected chi connectivity index (χ3v) is 6.58. The Bertz CT molecular complexity index is 878. The van der Waals surface area contributed by atoms with Gasteiger partial charge in [-0.1, -0.05) is 18.2 Å². The van der Waals surface area contributed by atoms with Gasteiger partial charge in [-0.25, -0.2) is 0 Å². The lowest BCUT2D eigenvalue weighted by molar-refractivity contribution is 0.0342. The van der Waals surface area contributed by atoms with Crippen LogP contribution in [0.4, 0.5) is 5.69 Å². The molecule has 0 aromatic heterocycles. The molecule has 0 unspecified atom stereocenters. The minimum absolute atomic E-state index is 0.626. The average Bonchev–Trinajstić information content (AvgIpc) is 2.88. The summed E-state index contributed by atoms with van der Waals surface area (Å²) in [6, 6.07) is 14.8. The maximum Gasteiger partial charge on any atom is 0.184 e. The number of rotatable bonds is 8. The van der Waals surface area contributed by atoms with E-state index in [0.717, 1.165) is 102 Å². The number of hydrogen-bond donors (Lipinski definition) is 0. The van der Waals surface area contributed by atoms with E-state index < -0.39 is 0 Å². The Balaban J connectivity index is 1.01. The van der Waals surface area contributed by atoms with Crippen molar-refractivity contribution >= 4 is 5.69 Å². The third-order valence-electron chi connectivity index (χ3n) is 6.58. The highest BCUT2D eigenvalue weighted by Gasteiger charge is 2.23. The van der Waals surface area contributed by atoms with Crippen molar-refractivity contribution in [1.82, 2.24) is 9.80 Å². The van der Waals surface area contributed by atoms with E-state index in [0.29, 0.717) is 13.2 Å². The lowest BCUT2D eigenvalue weighted by Gasteiger charge is -2.37. The van der Waals surface area contributed by atoms with Gasteiger partial charge in [0, 0.05) is 52.4 Å². The van der Waals surface area contributed by atoms with Crippen molar-refractivity contribution in [1.29, 1.82) is 0 Å². The summed E-state index contributed by atoms with van der Waals surface area (Å²) < 4.78 is 23.1. The second-order valence-electron chi connectivity index (χ2n) is 8.86. The molecular weight excluding hydrogens is 418 g/mol. The number of anilines is 1. The van der Waals surface area contributed by atoms with Crippen LogP contribution in [0.15, 0.2) is 42.5 Å². The molecule has 0 atom stereocenters. The lowest BCUT2D eigenvalue weighted by atomic mass is 10.2. The van der Waals surface area contributed by atoms with E-state index in [9.17, 15) is 0 Å². The van der Waals surface area contributed by atoms with Crippen molar-refractivity contribution in [3.05, 3.63) is 48.0 Å². The standard InChI is InChI=1S/C26H35N3O4/c1-3-24(26-25(4-1)32-19-20-33-26)29-12-10-27(11-13-29)9-2-16-31-23-7-5-22(6-8-23)21-28-14-17-30-18-15-28/h1,3-8H,2,9-21H2. The molecule has 0 radical (unpaired) electrons. The van der Waals surface area contributed by atoms with Gasteiger partial charge in [0.2, 0.25) is 0 Å². The van der Waals surface area contributed by atoms with E-state index in [1.807, 2.05) is 6.07 Å². The molecule has 3 aliphatic heterocycles. The number of morpholine rings is 1. The van der Waals surface area contributed by atoms with Crippen molar-refractivity contribution in [3.8, 4) is 17.2 Å². The quantitative estimate of drug-likeness (QED) is 0.570. The van der Waals surface area contributed by atoms with Gasteiger partial charge in [-0.05, 0) is 36.2 Å². The molecule has 2 fully saturated rings. The Kier molecular flexibility index (Phi) is 7.50. The summed E-state index contributed by atoms with van der Waals surface area (Å²) in [7, 11) is 0. The summed E-state index contributed by atoms with van der Waals surface area (Å²) in [5, 5.41) is 0. The molecule has 178 valence electrons. The van der Waals surface area contributed by atoms with Gasteiger partial charge in [0.1, 0.15) is 19.0 Å². The van der Waals surface area contributed by atoms with Crippen LogP contribution in [-0.2, 0) is 11.3 Å². The van der Waals surface area contributed by atoms with Gasteiger partial charge in [0.25, 0.3) is 0 Å². The number of hydrogen-bond acceptors (Lipinski definition) is 7. The molecule has 2 aromatic rings. The largest absolute Gasteiger partial charge is 0.494 e. The molecule has 3 heterocycles.